The fourth-order valence-electron chi connectivity index (χ4n) is 3.83. The van der Waals surface area contributed by atoms with Gasteiger partial charge in [-0.3, -0.25) is 9.69 Å². The number of hydrogen-bond donors (Lipinski definition) is 1. The number of hydrogen-bond acceptors (Lipinski definition) is 8. The van der Waals surface area contributed by atoms with E-state index >= 15 is 0 Å². The van der Waals surface area contributed by atoms with Gasteiger partial charge in [-0.15, -0.1) is 11.3 Å². The Balaban J connectivity index is 1.60. The van der Waals surface area contributed by atoms with Crippen molar-refractivity contribution in [2.45, 2.75) is 30.8 Å². The number of carbonyl (C=O) groups is 1. The largest absolute Gasteiger partial charge is 0.381 e. The molecule has 1 aliphatic heterocycles. The molecule has 0 aliphatic carbocycles. The molecule has 0 amide bonds. The van der Waals surface area contributed by atoms with Gasteiger partial charge in [0.15, 0.2) is 10.7 Å². The summed E-state index contributed by atoms with van der Waals surface area (Å²) in [6.45, 7) is 3.50. The van der Waals surface area contributed by atoms with Crippen LogP contribution in [-0.4, -0.2) is 37.9 Å². The molecule has 13 heteroatoms. The molecular formula is C22H21F3N4O4S2. The van der Waals surface area contributed by atoms with Gasteiger partial charge in [0.1, 0.15) is 17.5 Å². The molecule has 1 atom stereocenters. The number of carbonyl (C=O) groups excluding carboxylic acids is 1. The molecule has 186 valence electrons. The van der Waals surface area contributed by atoms with E-state index in [1.165, 1.54) is 17.0 Å². The fraction of sp³-hybridized carbons (Fsp3) is 0.273. The summed E-state index contributed by atoms with van der Waals surface area (Å²) in [5.41, 5.74) is 2.26. The highest BCUT2D eigenvalue weighted by Gasteiger charge is 2.35. The first-order valence-corrected chi connectivity index (χ1v) is 12.9. The molecular weight excluding hydrogens is 505 g/mol. The third-order valence-corrected chi connectivity index (χ3v) is 7.92. The van der Waals surface area contributed by atoms with Crippen LogP contribution in [0.5, 0.6) is 0 Å². The zero-order chi connectivity index (χ0) is 25.2. The van der Waals surface area contributed by atoms with E-state index < -0.39 is 32.4 Å². The van der Waals surface area contributed by atoms with E-state index in [4.69, 9.17) is 0 Å². The van der Waals surface area contributed by atoms with Crippen molar-refractivity contribution in [1.82, 2.24) is 9.88 Å². The zero-order valence-corrected chi connectivity index (χ0v) is 20.1. The van der Waals surface area contributed by atoms with Crippen molar-refractivity contribution >= 4 is 39.3 Å². The number of nitrogens with one attached hydrogen (secondary N) is 1. The number of benzene rings is 2. The molecule has 0 saturated carbocycles. The van der Waals surface area contributed by atoms with Gasteiger partial charge in [0.05, 0.1) is 5.51 Å². The summed E-state index contributed by atoms with van der Waals surface area (Å²) in [4.78, 5) is 19.8. The molecule has 2 heterocycles. The summed E-state index contributed by atoms with van der Waals surface area (Å²) in [6, 6.07) is 6.23. The molecule has 3 aromatic rings. The van der Waals surface area contributed by atoms with Gasteiger partial charge in [-0.2, -0.15) is 8.42 Å². The van der Waals surface area contributed by atoms with Gasteiger partial charge >= 0.3 is 16.5 Å². The maximum Gasteiger partial charge on any atom is 0.322 e. The van der Waals surface area contributed by atoms with Crippen LogP contribution in [-0.2, 0) is 26.2 Å². The number of nitrogens with zero attached hydrogens (tertiary/aromatic N) is 3. The topological polar surface area (TPSA) is 91.8 Å². The standard InChI is InChI=1S/C22H21F3N4O4S2/c1-14(28-6-3-7-28)16-4-2-5-18(23)17(16)10-26-15-8-19(24)22(20(25)9-15)35(31,32)29(33-13-30)21-11-34-12-27-21/h2,4-5,8-9,11-14,26H,3,6-7,10H2,1H3/t14-/m1/s1. The highest BCUT2D eigenvalue weighted by Crippen LogP contribution is 2.32. The Kier molecular flexibility index (Phi) is 7.28. The van der Waals surface area contributed by atoms with E-state index in [1.807, 2.05) is 6.92 Å². The predicted molar refractivity (Wildman–Crippen MR) is 124 cm³/mol. The molecule has 0 radical (unpaired) electrons. The molecule has 2 aromatic carbocycles. The lowest BCUT2D eigenvalue weighted by Gasteiger charge is -2.37. The Morgan fingerprint density at radius 3 is 2.51 bits per heavy atom. The first-order valence-electron chi connectivity index (χ1n) is 10.5. The van der Waals surface area contributed by atoms with Crippen molar-refractivity contribution in [1.29, 1.82) is 0 Å². The second kappa shape index (κ2) is 10.2. The highest BCUT2D eigenvalue weighted by atomic mass is 32.2. The second-order valence-electron chi connectivity index (χ2n) is 7.78. The second-order valence-corrected chi connectivity index (χ2v) is 10.2. The first-order chi connectivity index (χ1) is 16.7. The number of anilines is 2. The Morgan fingerprint density at radius 2 is 1.94 bits per heavy atom. The van der Waals surface area contributed by atoms with E-state index in [9.17, 15) is 26.4 Å². The molecule has 1 fully saturated rings. The Labute approximate surface area is 204 Å². The van der Waals surface area contributed by atoms with E-state index in [0.717, 1.165) is 48.5 Å². The van der Waals surface area contributed by atoms with Crippen LogP contribution < -0.4 is 9.79 Å². The minimum Gasteiger partial charge on any atom is -0.381 e. The van der Waals surface area contributed by atoms with Crippen molar-refractivity contribution in [2.24, 2.45) is 0 Å². The first kappa shape index (κ1) is 24.9. The van der Waals surface area contributed by atoms with E-state index in [1.54, 1.807) is 12.1 Å². The van der Waals surface area contributed by atoms with Crippen LogP contribution in [0.2, 0.25) is 0 Å². The van der Waals surface area contributed by atoms with Crippen molar-refractivity contribution in [3.05, 3.63) is 69.8 Å². The van der Waals surface area contributed by atoms with Crippen molar-refractivity contribution in [3.63, 3.8) is 0 Å². The van der Waals surface area contributed by atoms with Crippen molar-refractivity contribution < 1.29 is 31.2 Å². The van der Waals surface area contributed by atoms with Gasteiger partial charge in [-0.25, -0.2) is 18.2 Å². The van der Waals surface area contributed by atoms with Crippen LogP contribution in [0.1, 0.15) is 30.5 Å². The summed E-state index contributed by atoms with van der Waals surface area (Å²) in [5.74, 6) is -3.66. The molecule has 0 unspecified atom stereocenters. The third kappa shape index (κ3) is 4.97. The average Bonchev–Trinajstić information content (AvgIpc) is 3.28. The molecule has 35 heavy (non-hydrogen) atoms. The number of likely N-dealkylation sites (tertiary alicyclic amines) is 1. The van der Waals surface area contributed by atoms with Crippen LogP contribution >= 0.6 is 11.3 Å². The number of sulfonamides is 1. The summed E-state index contributed by atoms with van der Waals surface area (Å²) >= 11 is 0.987. The molecule has 0 bridgehead atoms. The lowest BCUT2D eigenvalue weighted by molar-refractivity contribution is -0.128. The zero-order valence-electron chi connectivity index (χ0n) is 18.4. The maximum absolute atomic E-state index is 14.9. The van der Waals surface area contributed by atoms with Crippen LogP contribution in [0, 0.1) is 17.5 Å². The number of thiazole rings is 1. The SMILES string of the molecule is C[C@H](c1cccc(F)c1CNc1cc(F)c(S(=O)(=O)N(OC=O)c2cscn2)c(F)c1)N1CCC1. The van der Waals surface area contributed by atoms with Gasteiger partial charge in [0.25, 0.3) is 0 Å². The molecule has 1 N–H and O–H groups in total. The van der Waals surface area contributed by atoms with E-state index in [2.05, 4.69) is 20.0 Å². The van der Waals surface area contributed by atoms with Gasteiger partial charge in [-0.05, 0) is 50.2 Å². The summed E-state index contributed by atoms with van der Waals surface area (Å²) < 4.78 is 70.2. The quantitative estimate of drug-likeness (QED) is 0.312. The van der Waals surface area contributed by atoms with Crippen LogP contribution in [0.25, 0.3) is 0 Å². The van der Waals surface area contributed by atoms with Crippen molar-refractivity contribution in [2.75, 3.05) is 22.9 Å². The van der Waals surface area contributed by atoms with Gasteiger partial charge in [0.2, 0.25) is 0 Å². The van der Waals surface area contributed by atoms with E-state index in [0.29, 0.717) is 5.56 Å². The summed E-state index contributed by atoms with van der Waals surface area (Å²) in [5, 5.41) is 3.99. The number of halogens is 3. The van der Waals surface area contributed by atoms with Crippen LogP contribution in [0.3, 0.4) is 0 Å². The molecule has 0 spiro atoms. The minimum absolute atomic E-state index is 0.0354. The molecule has 4 rings (SSSR count). The number of rotatable bonds is 10. The number of aromatic nitrogens is 1. The molecule has 8 nitrogen and oxygen atoms in total. The van der Waals surface area contributed by atoms with Crippen molar-refractivity contribution in [3.8, 4) is 0 Å². The van der Waals surface area contributed by atoms with Crippen LogP contribution in [0.15, 0.2) is 46.1 Å². The summed E-state index contributed by atoms with van der Waals surface area (Å²) in [6.07, 6.45) is 1.07. The third-order valence-electron chi connectivity index (χ3n) is 5.73. The Bertz CT molecular complexity index is 1300. The van der Waals surface area contributed by atoms with Gasteiger partial charge in [-0.1, -0.05) is 16.6 Å². The fourth-order valence-corrected chi connectivity index (χ4v) is 5.67. The normalized spacial score (nSPS) is 14.7. The minimum atomic E-state index is -4.98. The average molecular weight is 527 g/mol. The predicted octanol–water partition coefficient (Wildman–Crippen LogP) is 4.22. The van der Waals surface area contributed by atoms with Crippen LogP contribution in [0.4, 0.5) is 24.7 Å². The smallest absolute Gasteiger partial charge is 0.322 e. The lowest BCUT2D eigenvalue weighted by Crippen LogP contribution is -2.39. The molecule has 1 aromatic heterocycles. The monoisotopic (exact) mass is 526 g/mol. The maximum atomic E-state index is 14.9. The lowest BCUT2D eigenvalue weighted by atomic mass is 9.97. The Morgan fingerprint density at radius 1 is 1.23 bits per heavy atom. The van der Waals surface area contributed by atoms with Gasteiger partial charge in [0, 0.05) is 29.2 Å². The van der Waals surface area contributed by atoms with E-state index in [-0.39, 0.29) is 35.0 Å². The van der Waals surface area contributed by atoms with Gasteiger partial charge < -0.3 is 10.2 Å². The Hall–Kier alpha value is -3.16. The molecule has 1 aliphatic rings. The molecule has 1 saturated heterocycles. The summed E-state index contributed by atoms with van der Waals surface area (Å²) in [7, 11) is -4.98. The highest BCUT2D eigenvalue weighted by molar-refractivity contribution is 7.92.